The van der Waals surface area contributed by atoms with Crippen LogP contribution in [-0.2, 0) is 29.8 Å². The Labute approximate surface area is 227 Å². The normalized spacial score (nSPS) is 15.1. The number of rotatable bonds is 8. The standard InChI is InChI=1S/C28H30F3N5O2S/c1-3-38-25-9-7-21(28(29,30)31)18-24(25)23-5-4-12-36-26(23)33-27(34-36)32-22-8-6-19-10-13-35(15-16-39(2)37)14-11-20(19)17-22/h4-9,12,17-18H,3,10-11,13-16H2,1-2H3,(H,32,34). The fraction of sp³-hybridized carbons (Fsp3) is 0.357. The predicted octanol–water partition coefficient (Wildman–Crippen LogP) is 5.34. The van der Waals surface area contributed by atoms with E-state index >= 15 is 0 Å². The molecule has 1 unspecified atom stereocenters. The molecule has 0 fully saturated rings. The van der Waals surface area contributed by atoms with E-state index < -0.39 is 22.5 Å². The van der Waals surface area contributed by atoms with E-state index in [0.29, 0.717) is 40.8 Å². The predicted molar refractivity (Wildman–Crippen MR) is 147 cm³/mol. The number of nitrogens with zero attached hydrogens (tertiary/aromatic N) is 4. The van der Waals surface area contributed by atoms with Crippen molar-refractivity contribution in [3.63, 3.8) is 0 Å². The number of anilines is 2. The third-order valence-corrected chi connectivity index (χ3v) is 7.57. The molecule has 1 aliphatic heterocycles. The Hall–Kier alpha value is -3.44. The molecule has 0 bridgehead atoms. The Morgan fingerprint density at radius 1 is 1.05 bits per heavy atom. The number of aromatic nitrogens is 3. The number of pyridine rings is 1. The molecule has 0 spiro atoms. The van der Waals surface area contributed by atoms with Crippen molar-refractivity contribution in [1.29, 1.82) is 0 Å². The zero-order valence-corrected chi connectivity index (χ0v) is 22.6. The number of hydrogen-bond donors (Lipinski definition) is 1. The smallest absolute Gasteiger partial charge is 0.416 e. The maximum atomic E-state index is 13.5. The van der Waals surface area contributed by atoms with Gasteiger partial charge in [-0.2, -0.15) is 18.2 Å². The third-order valence-electron chi connectivity index (χ3n) is 6.81. The van der Waals surface area contributed by atoms with Crippen LogP contribution in [0.3, 0.4) is 0 Å². The minimum atomic E-state index is -4.48. The molecule has 0 saturated carbocycles. The molecule has 11 heteroatoms. The van der Waals surface area contributed by atoms with Crippen LogP contribution < -0.4 is 10.1 Å². The summed E-state index contributed by atoms with van der Waals surface area (Å²) in [5, 5.41) is 7.78. The average molecular weight is 558 g/mol. The van der Waals surface area contributed by atoms with E-state index in [1.54, 1.807) is 36.0 Å². The molecule has 39 heavy (non-hydrogen) atoms. The SMILES string of the molecule is CCOc1ccc(C(F)(F)F)cc1-c1cccn2nc(Nc3ccc4c(c3)CCN(CCS(C)=O)CC4)nc12. The summed E-state index contributed by atoms with van der Waals surface area (Å²) < 4.78 is 59.2. The Bertz CT molecular complexity index is 1500. The number of hydrogen-bond acceptors (Lipinski definition) is 6. The van der Waals surface area contributed by atoms with Crippen molar-refractivity contribution >= 4 is 28.1 Å². The molecule has 1 aliphatic rings. The molecule has 5 rings (SSSR count). The lowest BCUT2D eigenvalue weighted by Crippen LogP contribution is -2.30. The van der Waals surface area contributed by atoms with Crippen molar-refractivity contribution < 1.29 is 22.1 Å². The number of ether oxygens (including phenoxy) is 1. The van der Waals surface area contributed by atoms with Crippen LogP contribution in [0.15, 0.2) is 54.7 Å². The van der Waals surface area contributed by atoms with Crippen molar-refractivity contribution in [1.82, 2.24) is 19.5 Å². The van der Waals surface area contributed by atoms with E-state index in [9.17, 15) is 17.4 Å². The van der Waals surface area contributed by atoms with Crippen LogP contribution in [0.5, 0.6) is 5.75 Å². The molecule has 0 aliphatic carbocycles. The van der Waals surface area contributed by atoms with E-state index in [2.05, 4.69) is 32.4 Å². The molecule has 4 aromatic rings. The molecule has 0 saturated heterocycles. The maximum absolute atomic E-state index is 13.5. The number of fused-ring (bicyclic) bond motifs is 2. The van der Waals surface area contributed by atoms with Gasteiger partial charge in [0.05, 0.1) is 12.2 Å². The first-order valence-corrected chi connectivity index (χ1v) is 14.5. The van der Waals surface area contributed by atoms with Gasteiger partial charge in [0.15, 0.2) is 5.65 Å². The van der Waals surface area contributed by atoms with Crippen molar-refractivity contribution in [2.45, 2.75) is 25.9 Å². The average Bonchev–Trinajstić information content (AvgIpc) is 3.20. The molecule has 1 atom stereocenters. The van der Waals surface area contributed by atoms with Crippen LogP contribution in [-0.4, -0.2) is 62.0 Å². The molecular formula is C28H30F3N5O2S. The van der Waals surface area contributed by atoms with Gasteiger partial charge in [-0.05, 0) is 73.4 Å². The highest BCUT2D eigenvalue weighted by atomic mass is 32.2. The topological polar surface area (TPSA) is 71.8 Å². The minimum Gasteiger partial charge on any atom is -0.493 e. The fourth-order valence-corrected chi connectivity index (χ4v) is 5.34. The summed E-state index contributed by atoms with van der Waals surface area (Å²) in [6.07, 6.45) is 0.779. The van der Waals surface area contributed by atoms with Crippen LogP contribution in [0.4, 0.5) is 24.8 Å². The van der Waals surface area contributed by atoms with Crippen molar-refractivity contribution in [3.05, 3.63) is 71.4 Å². The second-order valence-corrected chi connectivity index (χ2v) is 11.0. The number of nitrogens with one attached hydrogen (secondary N) is 1. The summed E-state index contributed by atoms with van der Waals surface area (Å²) >= 11 is 0. The number of alkyl halides is 3. The van der Waals surface area contributed by atoms with Gasteiger partial charge in [0, 0.05) is 65.5 Å². The second-order valence-electron chi connectivity index (χ2n) is 9.49. The molecule has 2 aromatic carbocycles. The van der Waals surface area contributed by atoms with Gasteiger partial charge >= 0.3 is 6.18 Å². The van der Waals surface area contributed by atoms with Crippen LogP contribution in [0.2, 0.25) is 0 Å². The summed E-state index contributed by atoms with van der Waals surface area (Å²) in [5.74, 6) is 1.37. The summed E-state index contributed by atoms with van der Waals surface area (Å²) in [6.45, 7) is 4.77. The summed E-state index contributed by atoms with van der Waals surface area (Å²) in [6, 6.07) is 13.1. The first kappa shape index (κ1) is 27.1. The van der Waals surface area contributed by atoms with Gasteiger partial charge < -0.3 is 15.0 Å². The maximum Gasteiger partial charge on any atom is 0.416 e. The van der Waals surface area contributed by atoms with E-state index in [4.69, 9.17) is 4.74 Å². The third kappa shape index (κ3) is 6.25. The first-order chi connectivity index (χ1) is 18.7. The van der Waals surface area contributed by atoms with Gasteiger partial charge in [-0.25, -0.2) is 4.52 Å². The molecule has 3 heterocycles. The zero-order chi connectivity index (χ0) is 27.6. The van der Waals surface area contributed by atoms with Crippen molar-refractivity contribution in [2.24, 2.45) is 0 Å². The molecule has 206 valence electrons. The van der Waals surface area contributed by atoms with Crippen molar-refractivity contribution in [3.8, 4) is 16.9 Å². The highest BCUT2D eigenvalue weighted by Crippen LogP contribution is 2.38. The molecule has 2 aromatic heterocycles. The van der Waals surface area contributed by atoms with Crippen LogP contribution >= 0.6 is 0 Å². The molecule has 7 nitrogen and oxygen atoms in total. The first-order valence-electron chi connectivity index (χ1n) is 12.8. The minimum absolute atomic E-state index is 0.303. The van der Waals surface area contributed by atoms with Crippen LogP contribution in [0, 0.1) is 0 Å². The lowest BCUT2D eigenvalue weighted by atomic mass is 10.0. The lowest BCUT2D eigenvalue weighted by Gasteiger charge is -2.18. The zero-order valence-electron chi connectivity index (χ0n) is 21.8. The molecular weight excluding hydrogens is 527 g/mol. The Kier molecular flexibility index (Phi) is 7.90. The van der Waals surface area contributed by atoms with E-state index in [0.717, 1.165) is 50.3 Å². The molecule has 0 amide bonds. The van der Waals surface area contributed by atoms with E-state index in [-0.39, 0.29) is 0 Å². The number of benzene rings is 2. The summed E-state index contributed by atoms with van der Waals surface area (Å²) in [7, 11) is -0.803. The van der Waals surface area contributed by atoms with Gasteiger partial charge in [0.2, 0.25) is 5.95 Å². The molecule has 0 radical (unpaired) electrons. The van der Waals surface area contributed by atoms with Crippen LogP contribution in [0.1, 0.15) is 23.6 Å². The fourth-order valence-electron chi connectivity index (χ4n) is 4.83. The quantitative estimate of drug-likeness (QED) is 0.316. The highest BCUT2D eigenvalue weighted by Gasteiger charge is 2.31. The largest absolute Gasteiger partial charge is 0.493 e. The van der Waals surface area contributed by atoms with Crippen LogP contribution in [0.25, 0.3) is 16.8 Å². The lowest BCUT2D eigenvalue weighted by molar-refractivity contribution is -0.137. The Balaban J connectivity index is 1.42. The van der Waals surface area contributed by atoms with Gasteiger partial charge in [0.25, 0.3) is 0 Å². The van der Waals surface area contributed by atoms with Gasteiger partial charge in [-0.15, -0.1) is 5.10 Å². The summed E-state index contributed by atoms with van der Waals surface area (Å²) in [5.41, 5.74) is 3.82. The highest BCUT2D eigenvalue weighted by molar-refractivity contribution is 7.84. The summed E-state index contributed by atoms with van der Waals surface area (Å²) in [4.78, 5) is 6.98. The monoisotopic (exact) mass is 557 g/mol. The van der Waals surface area contributed by atoms with Crippen molar-refractivity contribution in [2.75, 3.05) is 43.6 Å². The Morgan fingerprint density at radius 3 is 2.59 bits per heavy atom. The van der Waals surface area contributed by atoms with E-state index in [1.165, 1.54) is 17.2 Å². The Morgan fingerprint density at radius 2 is 1.85 bits per heavy atom. The number of halogens is 3. The van der Waals surface area contributed by atoms with E-state index in [1.807, 2.05) is 6.07 Å². The van der Waals surface area contributed by atoms with Gasteiger partial charge in [-0.3, -0.25) is 4.21 Å². The second kappa shape index (κ2) is 11.4. The van der Waals surface area contributed by atoms with Gasteiger partial charge in [-0.1, -0.05) is 6.07 Å². The molecule has 1 N–H and O–H groups in total. The van der Waals surface area contributed by atoms with Gasteiger partial charge in [0.1, 0.15) is 5.75 Å².